The SMILES string of the molecule is N=c1nc(N)n(Cc2ccccc2Cl)nc1-c1cccc(Cl)c1Cl. The van der Waals surface area contributed by atoms with E-state index in [-0.39, 0.29) is 11.4 Å². The van der Waals surface area contributed by atoms with Crippen molar-refractivity contribution in [2.24, 2.45) is 0 Å². The lowest BCUT2D eigenvalue weighted by Gasteiger charge is -2.12. The van der Waals surface area contributed by atoms with Crippen LogP contribution in [0.25, 0.3) is 11.3 Å². The van der Waals surface area contributed by atoms with E-state index in [1.807, 2.05) is 18.2 Å². The highest BCUT2D eigenvalue weighted by molar-refractivity contribution is 6.43. The molecule has 3 N–H and O–H groups in total. The molecule has 24 heavy (non-hydrogen) atoms. The van der Waals surface area contributed by atoms with Crippen molar-refractivity contribution in [3.63, 3.8) is 0 Å². The van der Waals surface area contributed by atoms with Gasteiger partial charge in [0.25, 0.3) is 0 Å². The van der Waals surface area contributed by atoms with E-state index in [9.17, 15) is 0 Å². The summed E-state index contributed by atoms with van der Waals surface area (Å²) in [6, 6.07) is 12.5. The van der Waals surface area contributed by atoms with Crippen molar-refractivity contribution in [1.82, 2.24) is 14.8 Å². The van der Waals surface area contributed by atoms with Crippen molar-refractivity contribution >= 4 is 40.8 Å². The number of anilines is 1. The average molecular weight is 381 g/mol. The average Bonchev–Trinajstić information content (AvgIpc) is 2.55. The standard InChI is InChI=1S/C16H12Cl3N5/c17-11-6-2-1-4-9(11)8-24-16(21)22-15(20)14(23-24)10-5-3-7-12(18)13(10)19/h1-7H,8H2,(H3,20,21,22). The highest BCUT2D eigenvalue weighted by Crippen LogP contribution is 2.31. The molecule has 0 saturated heterocycles. The van der Waals surface area contributed by atoms with Crippen LogP contribution in [0.1, 0.15) is 5.56 Å². The Morgan fingerprint density at radius 3 is 2.46 bits per heavy atom. The molecule has 3 rings (SSSR count). The lowest BCUT2D eigenvalue weighted by atomic mass is 10.1. The third-order valence-electron chi connectivity index (χ3n) is 3.42. The number of nitrogens with two attached hydrogens (primary N) is 1. The summed E-state index contributed by atoms with van der Waals surface area (Å²) in [5.74, 6) is 0.113. The molecule has 1 aromatic heterocycles. The Labute approximate surface area is 153 Å². The quantitative estimate of drug-likeness (QED) is 0.720. The normalized spacial score (nSPS) is 10.8. The fraction of sp³-hybridized carbons (Fsp3) is 0.0625. The first-order valence-corrected chi connectivity index (χ1v) is 8.08. The van der Waals surface area contributed by atoms with Gasteiger partial charge in [0.05, 0.1) is 16.6 Å². The lowest BCUT2D eigenvalue weighted by Crippen LogP contribution is -2.23. The first-order valence-electron chi connectivity index (χ1n) is 6.94. The van der Waals surface area contributed by atoms with Gasteiger partial charge in [-0.25, -0.2) is 4.68 Å². The Morgan fingerprint density at radius 1 is 1.00 bits per heavy atom. The molecule has 0 fully saturated rings. The molecule has 122 valence electrons. The highest BCUT2D eigenvalue weighted by Gasteiger charge is 2.14. The minimum atomic E-state index is -0.0768. The van der Waals surface area contributed by atoms with Crippen molar-refractivity contribution in [2.75, 3.05) is 5.73 Å². The van der Waals surface area contributed by atoms with Crippen LogP contribution in [0.4, 0.5) is 5.95 Å². The number of rotatable bonds is 3. The summed E-state index contributed by atoms with van der Waals surface area (Å²) in [5.41, 5.74) is 7.48. The van der Waals surface area contributed by atoms with Crippen LogP contribution in [-0.4, -0.2) is 14.8 Å². The van der Waals surface area contributed by atoms with E-state index in [1.54, 1.807) is 24.3 Å². The Morgan fingerprint density at radius 2 is 1.71 bits per heavy atom. The molecule has 0 spiro atoms. The fourth-order valence-electron chi connectivity index (χ4n) is 2.22. The maximum atomic E-state index is 8.04. The van der Waals surface area contributed by atoms with Gasteiger partial charge in [0.2, 0.25) is 5.95 Å². The lowest BCUT2D eigenvalue weighted by molar-refractivity contribution is 0.655. The third-order valence-corrected chi connectivity index (χ3v) is 4.61. The van der Waals surface area contributed by atoms with Crippen LogP contribution >= 0.6 is 34.8 Å². The first kappa shape index (κ1) is 16.8. The van der Waals surface area contributed by atoms with Crippen molar-refractivity contribution in [2.45, 2.75) is 6.54 Å². The fourth-order valence-corrected chi connectivity index (χ4v) is 2.80. The van der Waals surface area contributed by atoms with Crippen molar-refractivity contribution < 1.29 is 0 Å². The molecule has 0 aliphatic rings. The molecule has 0 unspecified atom stereocenters. The van der Waals surface area contributed by atoms with Crippen LogP contribution in [-0.2, 0) is 6.54 Å². The van der Waals surface area contributed by atoms with Crippen LogP contribution in [0.5, 0.6) is 0 Å². The van der Waals surface area contributed by atoms with Gasteiger partial charge in [-0.2, -0.15) is 10.1 Å². The van der Waals surface area contributed by atoms with Crippen molar-refractivity contribution in [3.8, 4) is 11.3 Å². The molecule has 5 nitrogen and oxygen atoms in total. The number of nitrogen functional groups attached to an aromatic ring is 1. The maximum Gasteiger partial charge on any atom is 0.219 e. The third kappa shape index (κ3) is 3.24. The monoisotopic (exact) mass is 379 g/mol. The van der Waals surface area contributed by atoms with Crippen LogP contribution < -0.4 is 11.2 Å². The molecule has 1 heterocycles. The van der Waals surface area contributed by atoms with Gasteiger partial charge in [0, 0.05) is 10.6 Å². The van der Waals surface area contributed by atoms with E-state index < -0.39 is 0 Å². The Hall–Kier alpha value is -2.08. The Kier molecular flexibility index (Phi) is 4.76. The van der Waals surface area contributed by atoms with Gasteiger partial charge in [-0.15, -0.1) is 0 Å². The molecule has 0 bridgehead atoms. The second-order valence-electron chi connectivity index (χ2n) is 5.02. The topological polar surface area (TPSA) is 80.6 Å². The number of hydrogen-bond donors (Lipinski definition) is 2. The number of hydrogen-bond acceptors (Lipinski definition) is 4. The minimum absolute atomic E-state index is 0.0768. The maximum absolute atomic E-state index is 8.04. The number of nitrogens with one attached hydrogen (secondary N) is 1. The molecule has 8 heteroatoms. The van der Waals surface area contributed by atoms with Gasteiger partial charge in [0.1, 0.15) is 5.69 Å². The van der Waals surface area contributed by atoms with E-state index in [1.165, 1.54) is 4.68 Å². The summed E-state index contributed by atoms with van der Waals surface area (Å²) in [4.78, 5) is 4.05. The van der Waals surface area contributed by atoms with Gasteiger partial charge in [0.15, 0.2) is 5.49 Å². The van der Waals surface area contributed by atoms with Crippen molar-refractivity contribution in [3.05, 3.63) is 68.6 Å². The van der Waals surface area contributed by atoms with Crippen molar-refractivity contribution in [1.29, 1.82) is 5.41 Å². The second kappa shape index (κ2) is 6.81. The summed E-state index contributed by atoms with van der Waals surface area (Å²) in [6.07, 6.45) is 0. The smallest absolute Gasteiger partial charge is 0.219 e. The Bertz CT molecular complexity index is 968. The van der Waals surface area contributed by atoms with E-state index in [4.69, 9.17) is 45.9 Å². The van der Waals surface area contributed by atoms with Crippen LogP contribution in [0.2, 0.25) is 15.1 Å². The zero-order valence-corrected chi connectivity index (χ0v) is 14.6. The summed E-state index contributed by atoms with van der Waals surface area (Å²) >= 11 is 18.5. The summed E-state index contributed by atoms with van der Waals surface area (Å²) in [7, 11) is 0. The molecule has 0 saturated carbocycles. The number of halogens is 3. The first-order chi connectivity index (χ1) is 11.5. The molecular weight excluding hydrogens is 369 g/mol. The number of benzene rings is 2. The summed E-state index contributed by atoms with van der Waals surface area (Å²) in [6.45, 7) is 0.323. The van der Waals surface area contributed by atoms with Gasteiger partial charge >= 0.3 is 0 Å². The van der Waals surface area contributed by atoms with Crippen LogP contribution in [0.15, 0.2) is 42.5 Å². The largest absolute Gasteiger partial charge is 0.368 e. The molecule has 0 aliphatic heterocycles. The van der Waals surface area contributed by atoms with Gasteiger partial charge in [-0.1, -0.05) is 65.1 Å². The van der Waals surface area contributed by atoms with Gasteiger partial charge in [-0.3, -0.25) is 5.41 Å². The highest BCUT2D eigenvalue weighted by atomic mass is 35.5. The molecule has 0 aliphatic carbocycles. The van der Waals surface area contributed by atoms with Crippen LogP contribution in [0, 0.1) is 5.41 Å². The van der Waals surface area contributed by atoms with Gasteiger partial charge < -0.3 is 5.73 Å². The zero-order chi connectivity index (χ0) is 17.3. The Balaban J connectivity index is 2.12. The van der Waals surface area contributed by atoms with Crippen LogP contribution in [0.3, 0.4) is 0 Å². The molecule has 0 radical (unpaired) electrons. The zero-order valence-electron chi connectivity index (χ0n) is 12.3. The van der Waals surface area contributed by atoms with E-state index in [0.29, 0.717) is 32.9 Å². The predicted octanol–water partition coefficient (Wildman–Crippen LogP) is 4.02. The summed E-state index contributed by atoms with van der Waals surface area (Å²) in [5, 5.41) is 13.8. The predicted molar refractivity (Wildman–Crippen MR) is 96.3 cm³/mol. The molecule has 2 aromatic carbocycles. The van der Waals surface area contributed by atoms with E-state index in [0.717, 1.165) is 5.56 Å². The molecule has 3 aromatic rings. The second-order valence-corrected chi connectivity index (χ2v) is 6.21. The van der Waals surface area contributed by atoms with Gasteiger partial charge in [-0.05, 0) is 17.7 Å². The van der Waals surface area contributed by atoms with E-state index in [2.05, 4.69) is 10.1 Å². The molecule has 0 atom stereocenters. The molecule has 0 amide bonds. The minimum Gasteiger partial charge on any atom is -0.368 e. The van der Waals surface area contributed by atoms with E-state index >= 15 is 0 Å². The summed E-state index contributed by atoms with van der Waals surface area (Å²) < 4.78 is 1.48. The number of nitrogens with zero attached hydrogens (tertiary/aromatic N) is 3. The number of aromatic nitrogens is 3. The molecular formula is C16H12Cl3N5.